The van der Waals surface area contributed by atoms with Gasteiger partial charge in [-0.05, 0) is 37.1 Å². The largest absolute Gasteiger partial charge is 0.388 e. The van der Waals surface area contributed by atoms with E-state index in [-0.39, 0.29) is 6.04 Å². The summed E-state index contributed by atoms with van der Waals surface area (Å²) in [6, 6.07) is 7.53. The minimum atomic E-state index is -0.205. The lowest BCUT2D eigenvalue weighted by Crippen LogP contribution is -2.26. The summed E-state index contributed by atoms with van der Waals surface area (Å²) in [6.45, 7) is 13.2. The smallest absolute Gasteiger partial charge is 0.0884 e. The molecule has 4 nitrogen and oxygen atoms in total. The van der Waals surface area contributed by atoms with Crippen molar-refractivity contribution in [1.82, 2.24) is 15.1 Å². The van der Waals surface area contributed by atoms with Crippen molar-refractivity contribution in [3.05, 3.63) is 93.7 Å². The van der Waals surface area contributed by atoms with E-state index in [2.05, 4.69) is 30.3 Å². The van der Waals surface area contributed by atoms with E-state index in [0.717, 1.165) is 41.2 Å². The van der Waals surface area contributed by atoms with Gasteiger partial charge in [-0.3, -0.25) is 5.41 Å². The topological polar surface area (TPSA) is 42.4 Å². The number of halogens is 2. The molecule has 0 radical (unpaired) electrons. The average molecular weight is 429 g/mol. The van der Waals surface area contributed by atoms with Gasteiger partial charge in [-0.2, -0.15) is 0 Å². The maximum Gasteiger partial charge on any atom is 0.0884 e. The fourth-order valence-corrected chi connectivity index (χ4v) is 3.96. The summed E-state index contributed by atoms with van der Waals surface area (Å²) in [4.78, 5) is 3.95. The van der Waals surface area contributed by atoms with Crippen molar-refractivity contribution >= 4 is 28.9 Å². The van der Waals surface area contributed by atoms with Gasteiger partial charge < -0.3 is 15.1 Å². The first kappa shape index (κ1) is 21.3. The lowest BCUT2D eigenvalue weighted by molar-refractivity contribution is 0.396. The number of likely N-dealkylation sites (N-methyl/N-ethyl adjacent to an activating group) is 1. The van der Waals surface area contributed by atoms with Gasteiger partial charge in [-0.15, -0.1) is 0 Å². The van der Waals surface area contributed by atoms with Crippen LogP contribution in [0.1, 0.15) is 31.9 Å². The van der Waals surface area contributed by atoms with Gasteiger partial charge in [0.1, 0.15) is 0 Å². The van der Waals surface area contributed by atoms with Crippen LogP contribution in [0.3, 0.4) is 0 Å². The van der Waals surface area contributed by atoms with Crippen molar-refractivity contribution in [2.24, 2.45) is 0 Å². The highest BCUT2D eigenvalue weighted by atomic mass is 35.5. The summed E-state index contributed by atoms with van der Waals surface area (Å²) in [5.74, 6) is 0. The SMILES string of the molecule is C=C1C(Cl)=CC(N2C(=C)C(=N)/C(=C(/C)NCCC)C2c2ccc(Cl)cc2)=CN1C. The highest BCUT2D eigenvalue weighted by molar-refractivity contribution is 6.32. The Morgan fingerprint density at radius 1 is 1.17 bits per heavy atom. The van der Waals surface area contributed by atoms with E-state index in [1.54, 1.807) is 0 Å². The maximum absolute atomic E-state index is 8.81. The second-order valence-corrected chi connectivity index (χ2v) is 8.06. The van der Waals surface area contributed by atoms with E-state index < -0.39 is 0 Å². The molecule has 2 aliphatic heterocycles. The van der Waals surface area contributed by atoms with Crippen molar-refractivity contribution < 1.29 is 0 Å². The van der Waals surface area contributed by atoms with Crippen LogP contribution in [-0.4, -0.2) is 29.1 Å². The Kier molecular flexibility index (Phi) is 6.25. The molecule has 0 aliphatic carbocycles. The Balaban J connectivity index is 2.17. The summed E-state index contributed by atoms with van der Waals surface area (Å²) in [6.07, 6.45) is 4.85. The summed E-state index contributed by atoms with van der Waals surface area (Å²) >= 11 is 12.6. The van der Waals surface area contributed by atoms with Gasteiger partial charge in [0.2, 0.25) is 0 Å². The Morgan fingerprint density at radius 3 is 2.41 bits per heavy atom. The monoisotopic (exact) mass is 428 g/mol. The van der Waals surface area contributed by atoms with Crippen LogP contribution in [0.2, 0.25) is 5.02 Å². The summed E-state index contributed by atoms with van der Waals surface area (Å²) in [5, 5.41) is 13.5. The molecule has 0 spiro atoms. The highest BCUT2D eigenvalue weighted by Gasteiger charge is 2.40. The molecule has 2 aliphatic rings. The van der Waals surface area contributed by atoms with Crippen LogP contribution in [0.5, 0.6) is 0 Å². The Hall–Kier alpha value is -2.43. The normalized spacial score (nSPS) is 21.4. The van der Waals surface area contributed by atoms with Crippen molar-refractivity contribution in [1.29, 1.82) is 5.41 Å². The van der Waals surface area contributed by atoms with E-state index in [4.69, 9.17) is 28.6 Å². The first-order valence-corrected chi connectivity index (χ1v) is 10.3. The fourth-order valence-electron chi connectivity index (χ4n) is 3.59. The predicted molar refractivity (Wildman–Crippen MR) is 123 cm³/mol. The van der Waals surface area contributed by atoms with Crippen molar-refractivity contribution in [3.63, 3.8) is 0 Å². The molecule has 1 aromatic rings. The third kappa shape index (κ3) is 4.00. The first-order chi connectivity index (χ1) is 13.8. The molecule has 6 heteroatoms. The van der Waals surface area contributed by atoms with Crippen LogP contribution in [-0.2, 0) is 0 Å². The van der Waals surface area contributed by atoms with E-state index in [1.165, 1.54) is 0 Å². The van der Waals surface area contributed by atoms with Crippen LogP contribution < -0.4 is 5.32 Å². The van der Waals surface area contributed by atoms with Crippen LogP contribution in [0, 0.1) is 5.41 Å². The summed E-state index contributed by atoms with van der Waals surface area (Å²) in [5.41, 5.74) is 5.55. The molecule has 1 unspecified atom stereocenters. The van der Waals surface area contributed by atoms with Crippen LogP contribution in [0.25, 0.3) is 0 Å². The Morgan fingerprint density at radius 2 is 1.83 bits per heavy atom. The molecule has 1 aromatic carbocycles. The molecule has 1 atom stereocenters. The zero-order valence-corrected chi connectivity index (χ0v) is 18.5. The molecule has 0 bridgehead atoms. The standard InChI is InChI=1S/C23H26Cl2N4/c1-6-11-27-14(2)21-22(26)16(4)29(19-12-20(25)15(3)28(5)13-19)23(21)17-7-9-18(24)10-8-17/h7-10,12-13,23,26-27H,3-4,6,11H2,1-2,5H3/b21-14+,26-22?. The van der Waals surface area contributed by atoms with E-state index in [1.807, 2.05) is 55.4 Å². The molecule has 0 saturated carbocycles. The molecule has 0 aromatic heterocycles. The van der Waals surface area contributed by atoms with E-state index in [0.29, 0.717) is 21.5 Å². The van der Waals surface area contributed by atoms with Gasteiger partial charge in [0, 0.05) is 36.1 Å². The lowest BCUT2D eigenvalue weighted by Gasteiger charge is -2.33. The molecular formula is C23H26Cl2N4. The number of nitrogens with one attached hydrogen (secondary N) is 2. The number of likely N-dealkylation sites (tertiary alicyclic amines) is 1. The quantitative estimate of drug-likeness (QED) is 0.610. The molecule has 1 saturated heterocycles. The Bertz CT molecular complexity index is 954. The fraction of sp³-hybridized carbons (Fsp3) is 0.261. The average Bonchev–Trinajstić information content (AvgIpc) is 2.95. The molecule has 2 heterocycles. The highest BCUT2D eigenvalue weighted by Crippen LogP contribution is 2.45. The predicted octanol–water partition coefficient (Wildman–Crippen LogP) is 5.93. The van der Waals surface area contributed by atoms with E-state index in [9.17, 15) is 0 Å². The number of hydrogen-bond acceptors (Lipinski definition) is 4. The van der Waals surface area contributed by atoms with Crippen molar-refractivity contribution in [2.45, 2.75) is 26.3 Å². The second-order valence-electron chi connectivity index (χ2n) is 7.22. The molecule has 3 rings (SSSR count). The number of hydrogen-bond donors (Lipinski definition) is 2. The second kappa shape index (κ2) is 8.52. The molecule has 1 fully saturated rings. The molecule has 152 valence electrons. The third-order valence-electron chi connectivity index (χ3n) is 5.19. The van der Waals surface area contributed by atoms with Crippen molar-refractivity contribution in [2.75, 3.05) is 13.6 Å². The maximum atomic E-state index is 8.81. The molecule has 2 N–H and O–H groups in total. The first-order valence-electron chi connectivity index (χ1n) is 9.54. The zero-order valence-electron chi connectivity index (χ0n) is 17.0. The Labute approximate surface area is 183 Å². The number of rotatable bonds is 5. The minimum Gasteiger partial charge on any atom is -0.388 e. The number of benzene rings is 1. The van der Waals surface area contributed by atoms with Crippen LogP contribution >= 0.6 is 23.2 Å². The van der Waals surface area contributed by atoms with Gasteiger partial charge in [-0.25, -0.2) is 0 Å². The van der Waals surface area contributed by atoms with Gasteiger partial charge in [-0.1, -0.05) is 55.4 Å². The van der Waals surface area contributed by atoms with Gasteiger partial charge in [0.05, 0.1) is 33.9 Å². The van der Waals surface area contributed by atoms with Gasteiger partial charge >= 0.3 is 0 Å². The molecule has 29 heavy (non-hydrogen) atoms. The van der Waals surface area contributed by atoms with Crippen LogP contribution in [0.15, 0.2) is 83.1 Å². The summed E-state index contributed by atoms with van der Waals surface area (Å²) < 4.78 is 0. The minimum absolute atomic E-state index is 0.205. The number of nitrogens with zero attached hydrogens (tertiary/aromatic N) is 2. The van der Waals surface area contributed by atoms with Gasteiger partial charge in [0.15, 0.2) is 0 Å². The lowest BCUT2D eigenvalue weighted by atomic mass is 9.96. The third-order valence-corrected chi connectivity index (χ3v) is 5.77. The van der Waals surface area contributed by atoms with Gasteiger partial charge in [0.25, 0.3) is 0 Å². The number of allylic oxidation sites excluding steroid dienone is 4. The van der Waals surface area contributed by atoms with Crippen LogP contribution in [0.4, 0.5) is 0 Å². The molecule has 0 amide bonds. The van der Waals surface area contributed by atoms with E-state index >= 15 is 0 Å². The zero-order chi connectivity index (χ0) is 21.3. The molecular weight excluding hydrogens is 403 g/mol. The summed E-state index contributed by atoms with van der Waals surface area (Å²) in [7, 11) is 1.91. The van der Waals surface area contributed by atoms with Crippen molar-refractivity contribution in [3.8, 4) is 0 Å².